The SMILES string of the molecule is O=C(/C=C/c1cnn(-c2ccccc2)c1)NCCc1ccc(CO)cc1. The van der Waals surface area contributed by atoms with E-state index in [-0.39, 0.29) is 12.5 Å². The smallest absolute Gasteiger partial charge is 0.244 e. The van der Waals surface area contributed by atoms with Gasteiger partial charge in [0, 0.05) is 24.4 Å². The van der Waals surface area contributed by atoms with E-state index in [4.69, 9.17) is 5.11 Å². The maximum absolute atomic E-state index is 11.9. The molecule has 1 amide bonds. The summed E-state index contributed by atoms with van der Waals surface area (Å²) in [7, 11) is 0. The predicted molar refractivity (Wildman–Crippen MR) is 102 cm³/mol. The van der Waals surface area contributed by atoms with Gasteiger partial charge in [-0.1, -0.05) is 42.5 Å². The molecule has 5 nitrogen and oxygen atoms in total. The summed E-state index contributed by atoms with van der Waals surface area (Å²) in [6, 6.07) is 17.5. The van der Waals surface area contributed by atoms with Crippen LogP contribution in [0.3, 0.4) is 0 Å². The van der Waals surface area contributed by atoms with Gasteiger partial charge in [-0.05, 0) is 35.8 Å². The zero-order chi connectivity index (χ0) is 18.2. The number of amides is 1. The summed E-state index contributed by atoms with van der Waals surface area (Å²) in [4.78, 5) is 11.9. The molecule has 0 fully saturated rings. The number of nitrogens with zero attached hydrogens (tertiary/aromatic N) is 2. The number of carbonyl (C=O) groups excluding carboxylic acids is 1. The van der Waals surface area contributed by atoms with E-state index >= 15 is 0 Å². The molecule has 0 radical (unpaired) electrons. The normalized spacial score (nSPS) is 11.0. The predicted octanol–water partition coefficient (Wildman–Crippen LogP) is 2.74. The van der Waals surface area contributed by atoms with Gasteiger partial charge in [0.2, 0.25) is 5.91 Å². The Morgan fingerprint density at radius 3 is 2.54 bits per heavy atom. The number of benzene rings is 2. The van der Waals surface area contributed by atoms with E-state index in [0.717, 1.165) is 28.8 Å². The first kappa shape index (κ1) is 17.6. The van der Waals surface area contributed by atoms with E-state index in [9.17, 15) is 4.79 Å². The first-order chi connectivity index (χ1) is 12.7. The van der Waals surface area contributed by atoms with Crippen molar-refractivity contribution < 1.29 is 9.90 Å². The van der Waals surface area contributed by atoms with Crippen LogP contribution in [0.5, 0.6) is 0 Å². The third-order valence-corrected chi connectivity index (χ3v) is 3.97. The van der Waals surface area contributed by atoms with Crippen LogP contribution in [-0.2, 0) is 17.8 Å². The van der Waals surface area contributed by atoms with Crippen molar-refractivity contribution in [1.29, 1.82) is 0 Å². The van der Waals surface area contributed by atoms with Gasteiger partial charge < -0.3 is 10.4 Å². The minimum absolute atomic E-state index is 0.0443. The minimum atomic E-state index is -0.135. The van der Waals surface area contributed by atoms with Crippen LogP contribution in [0.25, 0.3) is 11.8 Å². The monoisotopic (exact) mass is 347 g/mol. The fraction of sp³-hybridized carbons (Fsp3) is 0.143. The molecule has 3 aromatic rings. The lowest BCUT2D eigenvalue weighted by molar-refractivity contribution is -0.116. The third-order valence-electron chi connectivity index (χ3n) is 3.97. The second-order valence-electron chi connectivity index (χ2n) is 5.90. The van der Waals surface area contributed by atoms with E-state index in [1.165, 1.54) is 6.08 Å². The molecule has 0 aliphatic rings. The number of hydrogen-bond donors (Lipinski definition) is 2. The zero-order valence-corrected chi connectivity index (χ0v) is 14.4. The highest BCUT2D eigenvalue weighted by atomic mass is 16.3. The van der Waals surface area contributed by atoms with E-state index in [1.54, 1.807) is 17.0 Å². The first-order valence-corrected chi connectivity index (χ1v) is 8.49. The number of hydrogen-bond acceptors (Lipinski definition) is 3. The van der Waals surface area contributed by atoms with Gasteiger partial charge >= 0.3 is 0 Å². The lowest BCUT2D eigenvalue weighted by Gasteiger charge is -2.03. The second kappa shape index (κ2) is 8.78. The van der Waals surface area contributed by atoms with Gasteiger partial charge in [-0.3, -0.25) is 4.79 Å². The quantitative estimate of drug-likeness (QED) is 0.646. The van der Waals surface area contributed by atoms with Crippen molar-refractivity contribution in [1.82, 2.24) is 15.1 Å². The molecule has 0 unspecified atom stereocenters. The van der Waals surface area contributed by atoms with Crippen molar-refractivity contribution in [3.05, 3.63) is 89.8 Å². The molecule has 0 saturated heterocycles. The molecule has 2 N–H and O–H groups in total. The average molecular weight is 347 g/mol. The molecular weight excluding hydrogens is 326 g/mol. The molecule has 132 valence electrons. The highest BCUT2D eigenvalue weighted by Gasteiger charge is 2.00. The van der Waals surface area contributed by atoms with Gasteiger partial charge in [-0.2, -0.15) is 5.10 Å². The summed E-state index contributed by atoms with van der Waals surface area (Å²) < 4.78 is 1.77. The number of aliphatic hydroxyl groups excluding tert-OH is 1. The Bertz CT molecular complexity index is 868. The van der Waals surface area contributed by atoms with Crippen LogP contribution in [-0.4, -0.2) is 27.3 Å². The molecule has 5 heteroatoms. The molecule has 0 spiro atoms. The van der Waals surface area contributed by atoms with Crippen molar-refractivity contribution in [2.24, 2.45) is 0 Å². The molecule has 0 saturated carbocycles. The van der Waals surface area contributed by atoms with Gasteiger partial charge in [0.15, 0.2) is 0 Å². The maximum Gasteiger partial charge on any atom is 0.244 e. The molecule has 1 aromatic heterocycles. The molecule has 0 aliphatic carbocycles. The van der Waals surface area contributed by atoms with E-state index in [2.05, 4.69) is 10.4 Å². The van der Waals surface area contributed by atoms with E-state index < -0.39 is 0 Å². The highest BCUT2D eigenvalue weighted by Crippen LogP contribution is 2.08. The number of nitrogens with one attached hydrogen (secondary N) is 1. The largest absolute Gasteiger partial charge is 0.392 e. The molecule has 3 rings (SSSR count). The summed E-state index contributed by atoms with van der Waals surface area (Å²) in [5, 5.41) is 16.2. The van der Waals surface area contributed by atoms with Crippen molar-refractivity contribution in [2.45, 2.75) is 13.0 Å². The molecule has 0 atom stereocenters. The van der Waals surface area contributed by atoms with Crippen LogP contribution in [0.2, 0.25) is 0 Å². The van der Waals surface area contributed by atoms with Crippen molar-refractivity contribution >= 4 is 12.0 Å². The molecular formula is C21H21N3O2. The van der Waals surface area contributed by atoms with Crippen LogP contribution in [0.4, 0.5) is 0 Å². The van der Waals surface area contributed by atoms with Gasteiger partial charge in [-0.25, -0.2) is 4.68 Å². The lowest BCUT2D eigenvalue weighted by Crippen LogP contribution is -2.23. The molecule has 0 aliphatic heterocycles. The van der Waals surface area contributed by atoms with Crippen LogP contribution in [0.15, 0.2) is 73.1 Å². The summed E-state index contributed by atoms with van der Waals surface area (Å²) >= 11 is 0. The van der Waals surface area contributed by atoms with Crippen LogP contribution < -0.4 is 5.32 Å². The Kier molecular flexibility index (Phi) is 5.96. The second-order valence-corrected chi connectivity index (χ2v) is 5.90. The molecule has 0 bridgehead atoms. The first-order valence-electron chi connectivity index (χ1n) is 8.49. The van der Waals surface area contributed by atoms with Crippen molar-refractivity contribution in [3.63, 3.8) is 0 Å². The van der Waals surface area contributed by atoms with E-state index in [1.807, 2.05) is 60.8 Å². The number of aliphatic hydroxyl groups is 1. The average Bonchev–Trinajstić information content (AvgIpc) is 3.17. The number of carbonyl (C=O) groups is 1. The van der Waals surface area contributed by atoms with E-state index in [0.29, 0.717) is 6.54 Å². The Morgan fingerprint density at radius 1 is 1.08 bits per heavy atom. The number of aromatic nitrogens is 2. The lowest BCUT2D eigenvalue weighted by atomic mass is 10.1. The Morgan fingerprint density at radius 2 is 1.81 bits per heavy atom. The number of para-hydroxylation sites is 1. The molecule has 2 aromatic carbocycles. The number of rotatable bonds is 7. The van der Waals surface area contributed by atoms with Gasteiger partial charge in [0.25, 0.3) is 0 Å². The maximum atomic E-state index is 11.9. The molecule has 1 heterocycles. The van der Waals surface area contributed by atoms with Crippen LogP contribution in [0, 0.1) is 0 Å². The fourth-order valence-corrected chi connectivity index (χ4v) is 2.52. The fourth-order valence-electron chi connectivity index (χ4n) is 2.52. The summed E-state index contributed by atoms with van der Waals surface area (Å²) in [5.74, 6) is -0.135. The summed E-state index contributed by atoms with van der Waals surface area (Å²) in [6.07, 6.45) is 7.61. The van der Waals surface area contributed by atoms with Crippen LogP contribution >= 0.6 is 0 Å². The van der Waals surface area contributed by atoms with Gasteiger partial charge in [0.05, 0.1) is 18.5 Å². The summed E-state index contributed by atoms with van der Waals surface area (Å²) in [6.45, 7) is 0.605. The summed E-state index contributed by atoms with van der Waals surface area (Å²) in [5.41, 5.74) is 3.85. The highest BCUT2D eigenvalue weighted by molar-refractivity contribution is 5.91. The minimum Gasteiger partial charge on any atom is -0.392 e. The van der Waals surface area contributed by atoms with Gasteiger partial charge in [-0.15, -0.1) is 0 Å². The zero-order valence-electron chi connectivity index (χ0n) is 14.4. The topological polar surface area (TPSA) is 67.2 Å². The molecule has 26 heavy (non-hydrogen) atoms. The van der Waals surface area contributed by atoms with Gasteiger partial charge in [0.1, 0.15) is 0 Å². The van der Waals surface area contributed by atoms with Crippen LogP contribution in [0.1, 0.15) is 16.7 Å². The van der Waals surface area contributed by atoms with Crippen molar-refractivity contribution in [2.75, 3.05) is 6.54 Å². The Hall–Kier alpha value is -3.18. The standard InChI is InChI=1S/C21H21N3O2/c25-16-18-8-6-17(7-9-18)12-13-22-21(26)11-10-19-14-23-24(15-19)20-4-2-1-3-5-20/h1-11,14-15,25H,12-13,16H2,(H,22,26)/b11-10+. The third kappa shape index (κ3) is 4.91. The van der Waals surface area contributed by atoms with Crippen molar-refractivity contribution in [3.8, 4) is 5.69 Å². The Labute approximate surface area is 152 Å². The Balaban J connectivity index is 1.48.